The van der Waals surface area contributed by atoms with Gasteiger partial charge < -0.3 is 15.5 Å². The number of nitrogens with one attached hydrogen (secondary N) is 2. The van der Waals surface area contributed by atoms with E-state index in [-0.39, 0.29) is 36.1 Å². The van der Waals surface area contributed by atoms with Crippen LogP contribution in [-0.4, -0.2) is 80.5 Å². The molecule has 2 saturated heterocycles. The Bertz CT molecular complexity index is 967. The predicted octanol–water partition coefficient (Wildman–Crippen LogP) is 1.43. The second-order valence-electron chi connectivity index (χ2n) is 9.65. The van der Waals surface area contributed by atoms with E-state index in [0.717, 1.165) is 24.0 Å². The van der Waals surface area contributed by atoms with Crippen molar-refractivity contribution < 1.29 is 22.4 Å². The first-order chi connectivity index (χ1) is 16.0. The summed E-state index contributed by atoms with van der Waals surface area (Å²) in [7, 11) is -3.31. The quantitative estimate of drug-likeness (QED) is 0.511. The van der Waals surface area contributed by atoms with Crippen LogP contribution in [0.15, 0.2) is 18.2 Å². The number of piperazine rings is 1. The first kappa shape index (κ1) is 26.6. The van der Waals surface area contributed by atoms with Crippen LogP contribution in [0.2, 0.25) is 0 Å². The van der Waals surface area contributed by atoms with Crippen molar-refractivity contribution in [1.29, 1.82) is 0 Å². The van der Waals surface area contributed by atoms with Crippen LogP contribution in [0.3, 0.4) is 0 Å². The normalized spacial score (nSPS) is 22.7. The van der Waals surface area contributed by atoms with Gasteiger partial charge in [0.1, 0.15) is 5.82 Å². The summed E-state index contributed by atoms with van der Waals surface area (Å²) in [4.78, 5) is 27.2. The first-order valence-electron chi connectivity index (χ1n) is 12.1. The van der Waals surface area contributed by atoms with Gasteiger partial charge in [0.05, 0.1) is 12.2 Å². The molecule has 34 heavy (non-hydrogen) atoms. The number of aryl methyl sites for hydroxylation is 1. The molecule has 2 N–H and O–H groups in total. The first-order valence-corrected chi connectivity index (χ1v) is 13.9. The molecule has 3 atom stereocenters. The summed E-state index contributed by atoms with van der Waals surface area (Å²) >= 11 is 0. The number of benzene rings is 1. The smallest absolute Gasteiger partial charge is 0.225 e. The highest BCUT2D eigenvalue weighted by Crippen LogP contribution is 2.20. The molecule has 10 heteroatoms. The molecule has 0 aliphatic carbocycles. The van der Waals surface area contributed by atoms with Gasteiger partial charge in [-0.05, 0) is 49.4 Å². The molecule has 0 bridgehead atoms. The van der Waals surface area contributed by atoms with E-state index in [0.29, 0.717) is 45.6 Å². The zero-order valence-corrected chi connectivity index (χ0v) is 21.2. The number of hydrogen-bond acceptors (Lipinski definition) is 5. The Kier molecular flexibility index (Phi) is 9.06. The third-order valence-electron chi connectivity index (χ3n) is 6.55. The molecule has 2 aliphatic rings. The molecule has 1 aromatic rings. The van der Waals surface area contributed by atoms with E-state index in [4.69, 9.17) is 0 Å². The number of halogens is 1. The van der Waals surface area contributed by atoms with E-state index in [1.165, 1.54) is 22.7 Å². The summed E-state index contributed by atoms with van der Waals surface area (Å²) in [6.07, 6.45) is 4.20. The topological polar surface area (TPSA) is 98.8 Å². The van der Waals surface area contributed by atoms with E-state index in [1.54, 1.807) is 4.90 Å². The number of hydrogen-bond donors (Lipinski definition) is 2. The molecule has 0 spiro atoms. The van der Waals surface area contributed by atoms with Gasteiger partial charge in [-0.1, -0.05) is 19.4 Å². The van der Waals surface area contributed by atoms with Crippen molar-refractivity contribution in [1.82, 2.24) is 19.8 Å². The van der Waals surface area contributed by atoms with Gasteiger partial charge in [0, 0.05) is 51.2 Å². The van der Waals surface area contributed by atoms with Gasteiger partial charge in [0.25, 0.3) is 0 Å². The molecule has 3 rings (SSSR count). The minimum absolute atomic E-state index is 0.00338. The fraction of sp³-hybridized carbons (Fsp3) is 0.667. The van der Waals surface area contributed by atoms with Crippen LogP contribution in [0.25, 0.3) is 0 Å². The number of sulfonamides is 1. The molecular weight excluding hydrogens is 459 g/mol. The minimum atomic E-state index is -3.31. The Labute approximate surface area is 202 Å². The van der Waals surface area contributed by atoms with Gasteiger partial charge in [-0.2, -0.15) is 4.31 Å². The Hall–Kier alpha value is -2.04. The highest BCUT2D eigenvalue weighted by Gasteiger charge is 2.35. The van der Waals surface area contributed by atoms with E-state index in [1.807, 2.05) is 13.0 Å². The summed E-state index contributed by atoms with van der Waals surface area (Å²) < 4.78 is 39.5. The molecule has 1 aromatic carbocycles. The number of amides is 2. The van der Waals surface area contributed by atoms with Crippen LogP contribution in [0.1, 0.15) is 43.7 Å². The van der Waals surface area contributed by atoms with Crippen molar-refractivity contribution in [2.75, 3.05) is 39.0 Å². The molecule has 2 aliphatic heterocycles. The summed E-state index contributed by atoms with van der Waals surface area (Å²) in [5, 5.41) is 6.44. The number of nitrogens with zero attached hydrogens (tertiary/aromatic N) is 2. The Morgan fingerprint density at radius 3 is 2.74 bits per heavy atom. The van der Waals surface area contributed by atoms with Crippen molar-refractivity contribution >= 4 is 21.8 Å². The monoisotopic (exact) mass is 496 g/mol. The van der Waals surface area contributed by atoms with Crippen LogP contribution in [0, 0.1) is 18.7 Å². The Morgan fingerprint density at radius 2 is 2.06 bits per heavy atom. The SMILES string of the molecule is CCCCN1CC(C(=O)NC(Cc2cc(C)cc(F)c2)C[C@H]2CN(S(C)(=O)=O)CCN2)CC1=O. The molecule has 0 aromatic heterocycles. The average molecular weight is 497 g/mol. The van der Waals surface area contributed by atoms with Crippen molar-refractivity contribution in [2.24, 2.45) is 5.92 Å². The third-order valence-corrected chi connectivity index (χ3v) is 7.82. The molecule has 0 saturated carbocycles. The van der Waals surface area contributed by atoms with Gasteiger partial charge in [0.2, 0.25) is 21.8 Å². The number of rotatable bonds is 10. The van der Waals surface area contributed by atoms with Crippen LogP contribution in [0.4, 0.5) is 4.39 Å². The van der Waals surface area contributed by atoms with Gasteiger partial charge in [-0.15, -0.1) is 0 Å². The zero-order chi connectivity index (χ0) is 24.9. The largest absolute Gasteiger partial charge is 0.353 e. The lowest BCUT2D eigenvalue weighted by Gasteiger charge is -2.34. The van der Waals surface area contributed by atoms with Crippen LogP contribution in [0.5, 0.6) is 0 Å². The van der Waals surface area contributed by atoms with E-state index in [9.17, 15) is 22.4 Å². The number of carbonyl (C=O) groups is 2. The molecule has 8 nitrogen and oxygen atoms in total. The second-order valence-corrected chi connectivity index (χ2v) is 11.6. The summed E-state index contributed by atoms with van der Waals surface area (Å²) in [5.74, 6) is -0.912. The fourth-order valence-electron chi connectivity index (χ4n) is 4.84. The number of likely N-dealkylation sites (tertiary alicyclic amines) is 1. The lowest BCUT2D eigenvalue weighted by molar-refractivity contribution is -0.129. The van der Waals surface area contributed by atoms with Crippen LogP contribution < -0.4 is 10.6 Å². The summed E-state index contributed by atoms with van der Waals surface area (Å²) in [6, 6.07) is 4.35. The minimum Gasteiger partial charge on any atom is -0.353 e. The predicted molar refractivity (Wildman–Crippen MR) is 129 cm³/mol. The van der Waals surface area contributed by atoms with Crippen molar-refractivity contribution in [3.8, 4) is 0 Å². The van der Waals surface area contributed by atoms with E-state index < -0.39 is 15.9 Å². The molecule has 190 valence electrons. The molecule has 2 fully saturated rings. The maximum absolute atomic E-state index is 14.0. The number of carbonyl (C=O) groups excluding carboxylic acids is 2. The summed E-state index contributed by atoms with van der Waals surface area (Å²) in [6.45, 7) is 6.22. The highest BCUT2D eigenvalue weighted by molar-refractivity contribution is 7.88. The maximum atomic E-state index is 14.0. The van der Waals surface area contributed by atoms with Crippen LogP contribution in [-0.2, 0) is 26.0 Å². The Balaban J connectivity index is 1.71. The van der Waals surface area contributed by atoms with Gasteiger partial charge in [-0.25, -0.2) is 12.8 Å². The van der Waals surface area contributed by atoms with Crippen molar-refractivity contribution in [3.63, 3.8) is 0 Å². The zero-order valence-electron chi connectivity index (χ0n) is 20.3. The highest BCUT2D eigenvalue weighted by atomic mass is 32.2. The lowest BCUT2D eigenvalue weighted by atomic mass is 9.96. The standard InChI is InChI=1S/C24H37FN4O4S/c1-4-5-7-28-15-19(13-23(28)30)24(31)27-21(12-18-9-17(2)10-20(25)11-18)14-22-16-29(8-6-26-22)34(3,32)33/h9-11,19,21-22,26H,4-8,12-16H2,1-3H3,(H,27,31)/t19?,21?,22-/m0/s1. The van der Waals surface area contributed by atoms with E-state index in [2.05, 4.69) is 17.6 Å². The average Bonchev–Trinajstić information content (AvgIpc) is 3.11. The number of unbranched alkanes of at least 4 members (excludes halogenated alkanes) is 1. The Morgan fingerprint density at radius 1 is 1.29 bits per heavy atom. The molecule has 2 unspecified atom stereocenters. The lowest BCUT2D eigenvalue weighted by Crippen LogP contribution is -2.55. The van der Waals surface area contributed by atoms with Crippen LogP contribution >= 0.6 is 0 Å². The van der Waals surface area contributed by atoms with Gasteiger partial charge >= 0.3 is 0 Å². The molecule has 0 radical (unpaired) electrons. The molecular formula is C24H37FN4O4S. The fourth-order valence-corrected chi connectivity index (χ4v) is 5.71. The molecule has 2 amide bonds. The second kappa shape index (κ2) is 11.6. The summed E-state index contributed by atoms with van der Waals surface area (Å²) in [5.41, 5.74) is 1.57. The maximum Gasteiger partial charge on any atom is 0.225 e. The van der Waals surface area contributed by atoms with E-state index >= 15 is 0 Å². The third kappa shape index (κ3) is 7.48. The van der Waals surface area contributed by atoms with Gasteiger partial charge in [-0.3, -0.25) is 9.59 Å². The van der Waals surface area contributed by atoms with Crippen molar-refractivity contribution in [2.45, 2.75) is 58.0 Å². The van der Waals surface area contributed by atoms with Crippen molar-refractivity contribution in [3.05, 3.63) is 35.1 Å². The molecule has 2 heterocycles. The van der Waals surface area contributed by atoms with Gasteiger partial charge in [0.15, 0.2) is 0 Å².